The van der Waals surface area contributed by atoms with Crippen LogP contribution >= 0.6 is 0 Å². The van der Waals surface area contributed by atoms with Crippen molar-refractivity contribution in [3.63, 3.8) is 0 Å². The van der Waals surface area contributed by atoms with E-state index in [0.29, 0.717) is 6.54 Å². The van der Waals surface area contributed by atoms with Gasteiger partial charge < -0.3 is 15.8 Å². The maximum Gasteiger partial charge on any atom is 0.312 e. The van der Waals surface area contributed by atoms with Crippen molar-refractivity contribution < 1.29 is 9.53 Å². The molecule has 1 aromatic rings. The molecular formula is C12H18N2O2. The normalized spacial score (nSPS) is 10.9. The fourth-order valence-electron chi connectivity index (χ4n) is 1.45. The van der Waals surface area contributed by atoms with Gasteiger partial charge in [-0.3, -0.25) is 0 Å². The Hall–Kier alpha value is -1.71. The van der Waals surface area contributed by atoms with Crippen LogP contribution in [0.5, 0.6) is 5.75 Å². The summed E-state index contributed by atoms with van der Waals surface area (Å²) in [6, 6.07) is 7.28. The molecule has 16 heavy (non-hydrogen) atoms. The highest BCUT2D eigenvalue weighted by Gasteiger charge is 2.20. The van der Waals surface area contributed by atoms with Crippen molar-refractivity contribution in [2.24, 2.45) is 5.73 Å². The molecule has 88 valence electrons. The molecule has 0 heterocycles. The molecule has 1 rings (SSSR count). The maximum absolute atomic E-state index is 10.7. The third kappa shape index (κ3) is 3.15. The monoisotopic (exact) mass is 222 g/mol. The van der Waals surface area contributed by atoms with Gasteiger partial charge in [-0.25, -0.2) is 4.79 Å². The van der Waals surface area contributed by atoms with Crippen LogP contribution in [0.4, 0.5) is 4.79 Å². The van der Waals surface area contributed by atoms with E-state index in [4.69, 9.17) is 10.5 Å². The number of methoxy groups -OCH3 is 1. The van der Waals surface area contributed by atoms with Crippen molar-refractivity contribution >= 4 is 6.03 Å². The van der Waals surface area contributed by atoms with Gasteiger partial charge in [0.2, 0.25) is 0 Å². The Morgan fingerprint density at radius 3 is 2.38 bits per heavy atom. The molecule has 0 bridgehead atoms. The lowest BCUT2D eigenvalue weighted by atomic mass is 9.84. The SMILES string of the molecule is COc1ccc(C(C)(C)CNC(N)=O)cc1. The summed E-state index contributed by atoms with van der Waals surface area (Å²) in [5.41, 5.74) is 6.03. The molecule has 4 nitrogen and oxygen atoms in total. The van der Waals surface area contributed by atoms with Gasteiger partial charge in [0, 0.05) is 12.0 Å². The van der Waals surface area contributed by atoms with Gasteiger partial charge in [0.05, 0.1) is 7.11 Å². The number of rotatable bonds is 4. The minimum absolute atomic E-state index is 0.151. The standard InChI is InChI=1S/C12H18N2O2/c1-12(2,8-14-11(13)15)9-4-6-10(16-3)7-5-9/h4-7H,8H2,1-3H3,(H3,13,14,15). The average Bonchev–Trinajstić information content (AvgIpc) is 2.27. The first kappa shape index (κ1) is 12.4. The minimum Gasteiger partial charge on any atom is -0.497 e. The largest absolute Gasteiger partial charge is 0.497 e. The van der Waals surface area contributed by atoms with E-state index in [2.05, 4.69) is 5.32 Å². The number of urea groups is 1. The summed E-state index contributed by atoms with van der Waals surface area (Å²) < 4.78 is 5.09. The molecule has 0 fully saturated rings. The number of hydrogen-bond donors (Lipinski definition) is 2. The van der Waals surface area contributed by atoms with E-state index >= 15 is 0 Å². The number of benzene rings is 1. The fraction of sp³-hybridized carbons (Fsp3) is 0.417. The third-order valence-electron chi connectivity index (χ3n) is 2.58. The smallest absolute Gasteiger partial charge is 0.312 e. The Bertz CT molecular complexity index is 358. The molecule has 1 aromatic carbocycles. The predicted octanol–water partition coefficient (Wildman–Crippen LogP) is 1.64. The lowest BCUT2D eigenvalue weighted by Crippen LogP contribution is -2.39. The van der Waals surface area contributed by atoms with Crippen molar-refractivity contribution in [2.45, 2.75) is 19.3 Å². The molecule has 0 radical (unpaired) electrons. The second-order valence-electron chi connectivity index (χ2n) is 4.33. The lowest BCUT2D eigenvalue weighted by Gasteiger charge is -2.25. The molecule has 0 aliphatic carbocycles. The first-order chi connectivity index (χ1) is 7.45. The van der Waals surface area contributed by atoms with E-state index in [1.54, 1.807) is 7.11 Å². The number of ether oxygens (including phenoxy) is 1. The van der Waals surface area contributed by atoms with E-state index in [1.807, 2.05) is 38.1 Å². The Balaban J connectivity index is 2.76. The summed E-state index contributed by atoms with van der Waals surface area (Å²) in [5, 5.41) is 2.62. The number of carbonyl (C=O) groups is 1. The second-order valence-corrected chi connectivity index (χ2v) is 4.33. The zero-order valence-corrected chi connectivity index (χ0v) is 9.91. The molecular weight excluding hydrogens is 204 g/mol. The highest BCUT2D eigenvalue weighted by molar-refractivity contribution is 5.71. The minimum atomic E-state index is -0.499. The van der Waals surface area contributed by atoms with Crippen LogP contribution in [0.15, 0.2) is 24.3 Å². The van der Waals surface area contributed by atoms with Crippen LogP contribution in [0.3, 0.4) is 0 Å². The van der Waals surface area contributed by atoms with E-state index in [9.17, 15) is 4.79 Å². The van der Waals surface area contributed by atoms with Gasteiger partial charge in [-0.05, 0) is 17.7 Å². The number of nitrogens with one attached hydrogen (secondary N) is 1. The van der Waals surface area contributed by atoms with Crippen molar-refractivity contribution in [1.29, 1.82) is 0 Å². The number of primary amides is 1. The van der Waals surface area contributed by atoms with E-state index in [0.717, 1.165) is 11.3 Å². The quantitative estimate of drug-likeness (QED) is 0.813. The molecule has 4 heteroatoms. The van der Waals surface area contributed by atoms with Crippen molar-refractivity contribution in [2.75, 3.05) is 13.7 Å². The predicted molar refractivity (Wildman–Crippen MR) is 63.6 cm³/mol. The maximum atomic E-state index is 10.7. The molecule has 0 aliphatic rings. The highest BCUT2D eigenvalue weighted by Crippen LogP contribution is 2.24. The summed E-state index contributed by atoms with van der Waals surface area (Å²) in [6.45, 7) is 4.60. The third-order valence-corrected chi connectivity index (χ3v) is 2.58. The lowest BCUT2D eigenvalue weighted by molar-refractivity contribution is 0.246. The van der Waals surface area contributed by atoms with Gasteiger partial charge in [0.15, 0.2) is 0 Å². The number of amides is 2. The summed E-state index contributed by atoms with van der Waals surface area (Å²) in [7, 11) is 1.63. The van der Waals surface area contributed by atoms with Gasteiger partial charge in [-0.1, -0.05) is 26.0 Å². The van der Waals surface area contributed by atoms with Crippen molar-refractivity contribution in [3.05, 3.63) is 29.8 Å². The van der Waals surface area contributed by atoms with Crippen LogP contribution in [0, 0.1) is 0 Å². The second kappa shape index (κ2) is 4.88. The van der Waals surface area contributed by atoms with Crippen molar-refractivity contribution in [3.8, 4) is 5.75 Å². The van der Waals surface area contributed by atoms with Crippen LogP contribution in [-0.2, 0) is 5.41 Å². The zero-order valence-electron chi connectivity index (χ0n) is 9.91. The van der Waals surface area contributed by atoms with E-state index in [1.165, 1.54) is 0 Å². The molecule has 0 saturated carbocycles. The van der Waals surface area contributed by atoms with Crippen LogP contribution in [0.25, 0.3) is 0 Å². The van der Waals surface area contributed by atoms with Gasteiger partial charge in [0.25, 0.3) is 0 Å². The molecule has 0 atom stereocenters. The van der Waals surface area contributed by atoms with Gasteiger partial charge in [-0.15, -0.1) is 0 Å². The Kier molecular flexibility index (Phi) is 3.77. The summed E-state index contributed by atoms with van der Waals surface area (Å²) >= 11 is 0. The molecule has 0 aliphatic heterocycles. The molecule has 2 amide bonds. The summed E-state index contributed by atoms with van der Waals surface area (Å²) in [6.07, 6.45) is 0. The topological polar surface area (TPSA) is 64.3 Å². The first-order valence-electron chi connectivity index (χ1n) is 5.13. The number of hydrogen-bond acceptors (Lipinski definition) is 2. The fourth-order valence-corrected chi connectivity index (χ4v) is 1.45. The first-order valence-corrected chi connectivity index (χ1v) is 5.13. The highest BCUT2D eigenvalue weighted by atomic mass is 16.5. The molecule has 0 spiro atoms. The van der Waals surface area contributed by atoms with Gasteiger partial charge >= 0.3 is 6.03 Å². The molecule has 0 aromatic heterocycles. The van der Waals surface area contributed by atoms with Crippen LogP contribution in [0.2, 0.25) is 0 Å². The Morgan fingerprint density at radius 2 is 1.94 bits per heavy atom. The summed E-state index contributed by atoms with van der Waals surface area (Å²) in [5.74, 6) is 0.822. The summed E-state index contributed by atoms with van der Waals surface area (Å²) in [4.78, 5) is 10.7. The molecule has 0 unspecified atom stereocenters. The van der Waals surface area contributed by atoms with Crippen LogP contribution < -0.4 is 15.8 Å². The average molecular weight is 222 g/mol. The van der Waals surface area contributed by atoms with Gasteiger partial charge in [0.1, 0.15) is 5.75 Å². The number of carbonyl (C=O) groups excluding carboxylic acids is 1. The van der Waals surface area contributed by atoms with Gasteiger partial charge in [-0.2, -0.15) is 0 Å². The van der Waals surface area contributed by atoms with E-state index in [-0.39, 0.29) is 5.41 Å². The Labute approximate surface area is 95.8 Å². The molecule has 0 saturated heterocycles. The van der Waals surface area contributed by atoms with Crippen molar-refractivity contribution in [1.82, 2.24) is 5.32 Å². The zero-order chi connectivity index (χ0) is 12.2. The Morgan fingerprint density at radius 1 is 1.38 bits per heavy atom. The molecule has 3 N–H and O–H groups in total. The number of nitrogens with two attached hydrogens (primary N) is 1. The van der Waals surface area contributed by atoms with E-state index < -0.39 is 6.03 Å². The van der Waals surface area contributed by atoms with Crippen LogP contribution in [-0.4, -0.2) is 19.7 Å². The van der Waals surface area contributed by atoms with Crippen LogP contribution in [0.1, 0.15) is 19.4 Å².